The Balaban J connectivity index is 1.79. The van der Waals surface area contributed by atoms with Gasteiger partial charge in [-0.05, 0) is 38.1 Å². The minimum atomic E-state index is -4.22. The Hall–Kier alpha value is -4.34. The second kappa shape index (κ2) is 10.9. The highest BCUT2D eigenvalue weighted by Gasteiger charge is 2.18. The molecule has 0 bridgehead atoms. The van der Waals surface area contributed by atoms with E-state index >= 15 is 0 Å². The van der Waals surface area contributed by atoms with Gasteiger partial charge in [0.25, 0.3) is 0 Å². The van der Waals surface area contributed by atoms with Gasteiger partial charge in [-0.1, -0.05) is 70.0 Å². The van der Waals surface area contributed by atoms with Crippen LogP contribution in [0.2, 0.25) is 0 Å². The third-order valence-corrected chi connectivity index (χ3v) is 7.02. The zero-order valence-electron chi connectivity index (χ0n) is 19.1. The number of oxime groups is 2. The van der Waals surface area contributed by atoms with Crippen molar-refractivity contribution in [1.29, 1.82) is 10.7 Å². The molecule has 0 heterocycles. The molecule has 3 aromatic carbocycles. The first-order chi connectivity index (χ1) is 17.1. The highest BCUT2D eigenvalue weighted by molar-refractivity contribution is 7.87. The number of nitrogens with zero attached hydrogens (tertiary/aromatic N) is 3. The van der Waals surface area contributed by atoms with E-state index in [9.17, 15) is 22.1 Å². The van der Waals surface area contributed by atoms with E-state index < -0.39 is 20.2 Å². The quantitative estimate of drug-likeness (QED) is 0.330. The van der Waals surface area contributed by atoms with E-state index in [1.165, 1.54) is 48.5 Å². The van der Waals surface area contributed by atoms with Crippen molar-refractivity contribution in [2.75, 3.05) is 0 Å². The van der Waals surface area contributed by atoms with Crippen LogP contribution in [0.3, 0.4) is 0 Å². The van der Waals surface area contributed by atoms with Gasteiger partial charge in [0.2, 0.25) is 0 Å². The van der Waals surface area contributed by atoms with Gasteiger partial charge in [-0.15, -0.1) is 0 Å². The van der Waals surface area contributed by atoms with Crippen LogP contribution >= 0.6 is 0 Å². The third kappa shape index (κ3) is 6.41. The zero-order chi connectivity index (χ0) is 26.3. The molecule has 12 heteroatoms. The summed E-state index contributed by atoms with van der Waals surface area (Å²) in [5.41, 5.74) is 1.84. The number of nitrogens with one attached hydrogen (secondary N) is 1. The summed E-state index contributed by atoms with van der Waals surface area (Å²) in [4.78, 5) is -0.205. The molecule has 1 N–H and O–H groups in total. The maximum absolute atomic E-state index is 12.3. The van der Waals surface area contributed by atoms with E-state index in [0.29, 0.717) is 5.56 Å². The van der Waals surface area contributed by atoms with Gasteiger partial charge < -0.3 is 5.41 Å². The van der Waals surface area contributed by atoms with E-state index in [-0.39, 0.29) is 26.8 Å². The molecular formula is C24H20N4O6S2. The second-order valence-corrected chi connectivity index (χ2v) is 10.5. The number of benzene rings is 3. The first-order valence-corrected chi connectivity index (χ1v) is 13.1. The summed E-state index contributed by atoms with van der Waals surface area (Å²) in [5.74, 6) is 0. The molecule has 0 amide bonds. The number of aryl methyl sites for hydroxylation is 2. The summed E-state index contributed by atoms with van der Waals surface area (Å²) in [7, 11) is -8.41. The van der Waals surface area contributed by atoms with Crippen molar-refractivity contribution in [3.8, 4) is 6.07 Å². The molecule has 0 saturated carbocycles. The van der Waals surface area contributed by atoms with E-state index in [4.69, 9.17) is 9.69 Å². The lowest BCUT2D eigenvalue weighted by Gasteiger charge is -2.05. The van der Waals surface area contributed by atoms with Crippen LogP contribution in [0.25, 0.3) is 0 Å². The van der Waals surface area contributed by atoms with Gasteiger partial charge in [0.15, 0.2) is 5.71 Å². The average molecular weight is 525 g/mol. The van der Waals surface area contributed by atoms with Gasteiger partial charge in [0.05, 0.1) is 0 Å². The molecule has 10 nitrogen and oxygen atoms in total. The maximum Gasteiger partial charge on any atom is 0.358 e. The summed E-state index contributed by atoms with van der Waals surface area (Å²) in [5, 5.41) is 24.0. The normalized spacial score (nSPS) is 12.5. The highest BCUT2D eigenvalue weighted by Crippen LogP contribution is 2.16. The first-order valence-electron chi connectivity index (χ1n) is 10.2. The standard InChI is InChI=1S/C24H20N4O6S2/c1-17-3-11-21(12-4-17)35(29,30)33-27-23(15-25)19-7-9-20(10-8-19)24(16-26)28-34-36(31,32)22-13-5-18(2)6-14-22/h3-15,25H,1-2H3/b25-15?,27-23?,28-24-. The predicted octanol–water partition coefficient (Wildman–Crippen LogP) is 3.70. The number of rotatable bonds is 9. The number of hydrogen-bond acceptors (Lipinski definition) is 10. The van der Waals surface area contributed by atoms with Crippen LogP contribution in [0.15, 0.2) is 92.9 Å². The van der Waals surface area contributed by atoms with Crippen LogP contribution in [0.5, 0.6) is 0 Å². The molecule has 0 saturated heterocycles. The maximum atomic E-state index is 12.3. The Kier molecular flexibility index (Phi) is 7.98. The molecule has 0 aliphatic carbocycles. The average Bonchev–Trinajstić information content (AvgIpc) is 2.86. The Morgan fingerprint density at radius 1 is 0.750 bits per heavy atom. The fourth-order valence-corrected chi connectivity index (χ4v) is 4.23. The fourth-order valence-electron chi connectivity index (χ4n) is 2.77. The molecule has 184 valence electrons. The lowest BCUT2D eigenvalue weighted by molar-refractivity contribution is 0.339. The van der Waals surface area contributed by atoms with Crippen LogP contribution in [0.1, 0.15) is 22.3 Å². The lowest BCUT2D eigenvalue weighted by Crippen LogP contribution is -2.09. The smallest absolute Gasteiger partial charge is 0.306 e. The van der Waals surface area contributed by atoms with Crippen molar-refractivity contribution in [2.24, 2.45) is 10.3 Å². The van der Waals surface area contributed by atoms with Crippen molar-refractivity contribution in [2.45, 2.75) is 23.6 Å². The van der Waals surface area contributed by atoms with Gasteiger partial charge >= 0.3 is 20.2 Å². The number of hydrogen-bond donors (Lipinski definition) is 1. The Bertz CT molecular complexity index is 1570. The largest absolute Gasteiger partial charge is 0.358 e. The molecule has 36 heavy (non-hydrogen) atoms. The summed E-state index contributed by atoms with van der Waals surface area (Å²) in [6, 6.07) is 19.3. The summed E-state index contributed by atoms with van der Waals surface area (Å²) in [6.07, 6.45) is 0.802. The molecule has 0 spiro atoms. The van der Waals surface area contributed by atoms with Crippen LogP contribution in [-0.2, 0) is 28.8 Å². The summed E-state index contributed by atoms with van der Waals surface area (Å²) >= 11 is 0. The van der Waals surface area contributed by atoms with Crippen molar-refractivity contribution < 1.29 is 25.4 Å². The van der Waals surface area contributed by atoms with E-state index in [1.807, 2.05) is 6.92 Å². The topological polar surface area (TPSA) is 159 Å². The lowest BCUT2D eigenvalue weighted by atomic mass is 10.1. The van der Waals surface area contributed by atoms with Crippen LogP contribution in [-0.4, -0.2) is 34.5 Å². The molecule has 0 aliphatic rings. The van der Waals surface area contributed by atoms with Crippen LogP contribution in [0.4, 0.5) is 0 Å². The summed E-state index contributed by atoms with van der Waals surface area (Å²) < 4.78 is 58.7. The minimum Gasteiger partial charge on any atom is -0.306 e. The Labute approximate surface area is 208 Å². The third-order valence-electron chi connectivity index (χ3n) is 4.78. The zero-order valence-corrected chi connectivity index (χ0v) is 20.7. The molecule has 0 unspecified atom stereocenters. The molecule has 0 atom stereocenters. The second-order valence-electron chi connectivity index (χ2n) is 7.43. The Morgan fingerprint density at radius 3 is 1.58 bits per heavy atom. The highest BCUT2D eigenvalue weighted by atomic mass is 32.2. The Morgan fingerprint density at radius 2 is 1.17 bits per heavy atom. The van der Waals surface area contributed by atoms with E-state index in [0.717, 1.165) is 17.3 Å². The van der Waals surface area contributed by atoms with Crippen LogP contribution < -0.4 is 0 Å². The number of nitriles is 1. The monoisotopic (exact) mass is 524 g/mol. The molecule has 0 aromatic heterocycles. The first kappa shape index (κ1) is 26.3. The summed E-state index contributed by atoms with van der Waals surface area (Å²) in [6.45, 7) is 3.61. The minimum absolute atomic E-state index is 0.0907. The van der Waals surface area contributed by atoms with Gasteiger partial charge in [-0.25, -0.2) is 0 Å². The van der Waals surface area contributed by atoms with Crippen molar-refractivity contribution in [3.05, 3.63) is 95.1 Å². The van der Waals surface area contributed by atoms with Gasteiger partial charge in [-0.2, -0.15) is 22.1 Å². The fraction of sp³-hybridized carbons (Fsp3) is 0.0833. The van der Waals surface area contributed by atoms with Crippen molar-refractivity contribution in [1.82, 2.24) is 0 Å². The SMILES string of the molecule is Cc1ccc(S(=O)(=O)ON=C(C=N)c2ccc(/C(C#N)=N\OS(=O)(=O)c3ccc(C)cc3)cc2)cc1. The molecule has 0 fully saturated rings. The molecule has 0 radical (unpaired) electrons. The molecule has 3 aromatic rings. The van der Waals surface area contributed by atoms with Gasteiger partial charge in [0.1, 0.15) is 21.6 Å². The molecular weight excluding hydrogens is 504 g/mol. The van der Waals surface area contributed by atoms with Crippen molar-refractivity contribution in [3.63, 3.8) is 0 Å². The van der Waals surface area contributed by atoms with Gasteiger partial charge in [-0.3, -0.25) is 8.57 Å². The van der Waals surface area contributed by atoms with Crippen molar-refractivity contribution >= 4 is 37.9 Å². The predicted molar refractivity (Wildman–Crippen MR) is 133 cm³/mol. The van der Waals surface area contributed by atoms with Crippen LogP contribution in [0, 0.1) is 30.6 Å². The molecule has 3 rings (SSSR count). The van der Waals surface area contributed by atoms with E-state index in [2.05, 4.69) is 14.6 Å². The van der Waals surface area contributed by atoms with E-state index in [1.54, 1.807) is 37.3 Å². The van der Waals surface area contributed by atoms with Gasteiger partial charge in [0, 0.05) is 17.3 Å². The molecule has 0 aliphatic heterocycles.